The Labute approximate surface area is 118 Å². The van der Waals surface area contributed by atoms with Gasteiger partial charge in [0.2, 0.25) is 0 Å². The van der Waals surface area contributed by atoms with E-state index in [1.165, 1.54) is 17.2 Å². The predicted octanol–water partition coefficient (Wildman–Crippen LogP) is 3.17. The topological polar surface area (TPSA) is 34.1 Å². The first kappa shape index (κ1) is 12.6. The molecule has 0 atom stereocenters. The van der Waals surface area contributed by atoms with Gasteiger partial charge in [-0.25, -0.2) is 9.37 Å². The average molecular weight is 323 g/mol. The summed E-state index contributed by atoms with van der Waals surface area (Å²) >= 11 is 3.20. The summed E-state index contributed by atoms with van der Waals surface area (Å²) in [6.07, 6.45) is 0. The van der Waals surface area contributed by atoms with E-state index in [1.54, 1.807) is 6.07 Å². The van der Waals surface area contributed by atoms with Crippen LogP contribution >= 0.6 is 15.9 Å². The van der Waals surface area contributed by atoms with E-state index >= 15 is 0 Å². The zero-order valence-electron chi connectivity index (χ0n) is 10.1. The minimum absolute atomic E-state index is 0.0213. The molecule has 0 fully saturated rings. The highest BCUT2D eigenvalue weighted by Crippen LogP contribution is 2.21. The van der Waals surface area contributed by atoms with Crippen LogP contribution in [-0.4, -0.2) is 4.98 Å². The monoisotopic (exact) mass is 322 g/mol. The van der Waals surface area contributed by atoms with Gasteiger partial charge >= 0.3 is 0 Å². The Balaban J connectivity index is 1.74. The molecule has 0 saturated carbocycles. The molecule has 0 unspecified atom stereocenters. The number of hydrogen-bond acceptors (Lipinski definition) is 3. The normalized spacial score (nSPS) is 13.4. The van der Waals surface area contributed by atoms with Crippen molar-refractivity contribution in [3.05, 3.63) is 57.4 Å². The molecule has 3 rings (SSSR count). The van der Waals surface area contributed by atoms with Crippen molar-refractivity contribution in [3.8, 4) is 5.88 Å². The Morgan fingerprint density at radius 1 is 1.21 bits per heavy atom. The highest BCUT2D eigenvalue weighted by Gasteiger charge is 2.11. The third-order valence-electron chi connectivity index (χ3n) is 3.06. The first-order chi connectivity index (χ1) is 9.22. The van der Waals surface area contributed by atoms with Crippen LogP contribution in [0.15, 0.2) is 34.9 Å². The lowest BCUT2D eigenvalue weighted by molar-refractivity contribution is 0.276. The third kappa shape index (κ3) is 2.77. The van der Waals surface area contributed by atoms with Gasteiger partial charge < -0.3 is 10.1 Å². The number of halogens is 2. The maximum Gasteiger partial charge on any atom is 0.251 e. The number of fused-ring (bicyclic) bond motifs is 1. The molecule has 0 spiro atoms. The number of aromatic nitrogens is 1. The van der Waals surface area contributed by atoms with E-state index in [9.17, 15) is 4.39 Å². The SMILES string of the molecule is Fc1ccc(Br)nc1OCc1ccc2c(c1)CNC2. The smallest absolute Gasteiger partial charge is 0.251 e. The summed E-state index contributed by atoms with van der Waals surface area (Å²) in [5, 5.41) is 3.29. The molecule has 0 bridgehead atoms. The number of nitrogens with one attached hydrogen (secondary N) is 1. The average Bonchev–Trinajstić information content (AvgIpc) is 2.87. The number of rotatable bonds is 3. The fourth-order valence-electron chi connectivity index (χ4n) is 2.09. The molecule has 1 aromatic heterocycles. The van der Waals surface area contributed by atoms with Crippen LogP contribution in [0.5, 0.6) is 5.88 Å². The van der Waals surface area contributed by atoms with Gasteiger partial charge in [0.1, 0.15) is 11.2 Å². The van der Waals surface area contributed by atoms with Crippen LogP contribution in [0.2, 0.25) is 0 Å². The van der Waals surface area contributed by atoms with Crippen molar-refractivity contribution in [1.82, 2.24) is 10.3 Å². The summed E-state index contributed by atoms with van der Waals surface area (Å²) in [5.74, 6) is -0.431. The summed E-state index contributed by atoms with van der Waals surface area (Å²) in [4.78, 5) is 3.97. The van der Waals surface area contributed by atoms with E-state index in [2.05, 4.69) is 38.4 Å². The lowest BCUT2D eigenvalue weighted by Gasteiger charge is -2.08. The van der Waals surface area contributed by atoms with E-state index in [4.69, 9.17) is 4.74 Å². The fourth-order valence-corrected chi connectivity index (χ4v) is 2.38. The number of nitrogens with zero attached hydrogens (tertiary/aromatic N) is 1. The Morgan fingerprint density at radius 3 is 2.95 bits per heavy atom. The second-order valence-corrected chi connectivity index (χ2v) is 5.23. The van der Waals surface area contributed by atoms with Crippen LogP contribution in [-0.2, 0) is 19.7 Å². The first-order valence-corrected chi connectivity index (χ1v) is 6.78. The molecule has 19 heavy (non-hydrogen) atoms. The van der Waals surface area contributed by atoms with Crippen molar-refractivity contribution in [3.63, 3.8) is 0 Å². The molecular formula is C14H12BrFN2O. The zero-order chi connectivity index (χ0) is 13.2. The summed E-state index contributed by atoms with van der Waals surface area (Å²) in [6, 6.07) is 9.05. The van der Waals surface area contributed by atoms with Gasteiger partial charge in [0.05, 0.1) is 0 Å². The van der Waals surface area contributed by atoms with Crippen LogP contribution in [0.1, 0.15) is 16.7 Å². The molecule has 0 radical (unpaired) electrons. The minimum atomic E-state index is -0.453. The van der Waals surface area contributed by atoms with E-state index in [0.29, 0.717) is 11.2 Å². The Morgan fingerprint density at radius 2 is 2.05 bits per heavy atom. The van der Waals surface area contributed by atoms with Gasteiger partial charge in [0.15, 0.2) is 5.82 Å². The van der Waals surface area contributed by atoms with Crippen LogP contribution in [0, 0.1) is 5.82 Å². The first-order valence-electron chi connectivity index (χ1n) is 5.98. The van der Waals surface area contributed by atoms with Gasteiger partial charge in [-0.2, -0.15) is 0 Å². The van der Waals surface area contributed by atoms with Crippen molar-refractivity contribution in [1.29, 1.82) is 0 Å². The molecule has 5 heteroatoms. The molecule has 1 N–H and O–H groups in total. The molecule has 2 aromatic rings. The van der Waals surface area contributed by atoms with Crippen LogP contribution < -0.4 is 10.1 Å². The molecule has 98 valence electrons. The van der Waals surface area contributed by atoms with Crippen molar-refractivity contribution in [2.75, 3.05) is 0 Å². The number of benzene rings is 1. The highest BCUT2D eigenvalue weighted by atomic mass is 79.9. The maximum absolute atomic E-state index is 13.5. The van der Waals surface area contributed by atoms with Gasteiger partial charge in [-0.15, -0.1) is 0 Å². The largest absolute Gasteiger partial charge is 0.471 e. The van der Waals surface area contributed by atoms with Gasteiger partial charge in [0.25, 0.3) is 5.88 Å². The van der Waals surface area contributed by atoms with Crippen molar-refractivity contribution in [2.45, 2.75) is 19.7 Å². The van der Waals surface area contributed by atoms with E-state index < -0.39 is 5.82 Å². The zero-order valence-corrected chi connectivity index (χ0v) is 11.7. The highest BCUT2D eigenvalue weighted by molar-refractivity contribution is 9.10. The van der Waals surface area contributed by atoms with Crippen LogP contribution in [0.25, 0.3) is 0 Å². The molecule has 2 heterocycles. The second-order valence-electron chi connectivity index (χ2n) is 4.42. The second kappa shape index (κ2) is 5.27. The molecule has 0 saturated heterocycles. The van der Waals surface area contributed by atoms with Crippen molar-refractivity contribution >= 4 is 15.9 Å². The molecule has 1 aromatic carbocycles. The Bertz CT molecular complexity index is 618. The van der Waals surface area contributed by atoms with Crippen molar-refractivity contribution < 1.29 is 9.13 Å². The maximum atomic E-state index is 13.5. The van der Waals surface area contributed by atoms with E-state index in [-0.39, 0.29) is 5.88 Å². The van der Waals surface area contributed by atoms with Crippen molar-refractivity contribution in [2.24, 2.45) is 0 Å². The lowest BCUT2D eigenvalue weighted by Crippen LogP contribution is -2.01. The quantitative estimate of drug-likeness (QED) is 0.881. The Hall–Kier alpha value is -1.46. The molecule has 1 aliphatic heterocycles. The van der Waals surface area contributed by atoms with E-state index in [0.717, 1.165) is 18.7 Å². The molecule has 0 aliphatic carbocycles. The summed E-state index contributed by atoms with van der Waals surface area (Å²) in [5.41, 5.74) is 3.61. The van der Waals surface area contributed by atoms with Crippen LogP contribution in [0.4, 0.5) is 4.39 Å². The molecule has 3 nitrogen and oxygen atoms in total. The molecular weight excluding hydrogens is 311 g/mol. The van der Waals surface area contributed by atoms with Gasteiger partial charge in [-0.3, -0.25) is 0 Å². The summed E-state index contributed by atoms with van der Waals surface area (Å²) in [6.45, 7) is 2.11. The number of pyridine rings is 1. The molecule has 1 aliphatic rings. The fraction of sp³-hybridized carbons (Fsp3) is 0.214. The number of ether oxygens (including phenoxy) is 1. The summed E-state index contributed by atoms with van der Waals surface area (Å²) in [7, 11) is 0. The van der Waals surface area contributed by atoms with Crippen LogP contribution in [0.3, 0.4) is 0 Å². The van der Waals surface area contributed by atoms with E-state index in [1.807, 2.05) is 6.07 Å². The Kier molecular flexibility index (Phi) is 3.48. The van der Waals surface area contributed by atoms with Gasteiger partial charge in [-0.05, 0) is 44.8 Å². The predicted molar refractivity (Wildman–Crippen MR) is 73.2 cm³/mol. The number of hydrogen-bond donors (Lipinski definition) is 1. The van der Waals surface area contributed by atoms with Gasteiger partial charge in [-0.1, -0.05) is 18.2 Å². The minimum Gasteiger partial charge on any atom is -0.471 e. The third-order valence-corrected chi connectivity index (χ3v) is 3.50. The van der Waals surface area contributed by atoms with Gasteiger partial charge in [0, 0.05) is 13.1 Å². The molecule has 0 amide bonds. The summed E-state index contributed by atoms with van der Waals surface area (Å²) < 4.78 is 19.5. The standard InChI is InChI=1S/C14H12BrFN2O/c15-13-4-3-12(16)14(18-13)19-8-9-1-2-10-6-17-7-11(10)5-9/h1-5,17H,6-8H2. The lowest BCUT2D eigenvalue weighted by atomic mass is 10.1.